The molecule has 0 saturated heterocycles. The van der Waals surface area contributed by atoms with E-state index in [0.717, 1.165) is 0 Å². The number of ether oxygens (including phenoxy) is 5. The van der Waals surface area contributed by atoms with Gasteiger partial charge in [0, 0.05) is 0 Å². The summed E-state index contributed by atoms with van der Waals surface area (Å²) < 4.78 is 25.8. The van der Waals surface area contributed by atoms with E-state index in [1.807, 2.05) is 0 Å². The van der Waals surface area contributed by atoms with Gasteiger partial charge in [-0.1, -0.05) is 121 Å². The Morgan fingerprint density at radius 2 is 0.686 bits per heavy atom. The molecule has 0 fully saturated rings. The normalized spacial score (nSPS) is 11.5. The van der Waals surface area contributed by atoms with Crippen LogP contribution in [0.1, 0.15) is 35.1 Å². The van der Waals surface area contributed by atoms with Gasteiger partial charge in [-0.15, -0.1) is 0 Å². The summed E-state index contributed by atoms with van der Waals surface area (Å²) in [7, 11) is 0. The lowest BCUT2D eigenvalue weighted by Gasteiger charge is -2.18. The number of nitrogens with one attached hydrogen (secondary N) is 2. The molecule has 0 spiro atoms. The van der Waals surface area contributed by atoms with Crippen molar-refractivity contribution in [3.05, 3.63) is 144 Å². The fourth-order valence-electron chi connectivity index (χ4n) is 4.40. The van der Waals surface area contributed by atoms with Gasteiger partial charge in [-0.3, -0.25) is 9.59 Å². The monoisotopic (exact) mass is 696 g/mol. The molecule has 264 valence electrons. The van der Waals surface area contributed by atoms with Crippen molar-refractivity contribution >= 4 is 36.1 Å². The van der Waals surface area contributed by atoms with Crippen LogP contribution in [0, 0.1) is 0 Å². The van der Waals surface area contributed by atoms with Gasteiger partial charge in [0.25, 0.3) is 0 Å². The highest BCUT2D eigenvalue weighted by Gasteiger charge is 2.31. The predicted octanol–water partition coefficient (Wildman–Crippen LogP) is 4.91. The van der Waals surface area contributed by atoms with E-state index in [1.165, 1.54) is 0 Å². The summed E-state index contributed by atoms with van der Waals surface area (Å²) >= 11 is 0. The summed E-state index contributed by atoms with van der Waals surface area (Å²) in [4.78, 5) is 76.9. The topological polar surface area (TPSA) is 173 Å². The molecule has 2 unspecified atom stereocenters. The van der Waals surface area contributed by atoms with Crippen molar-refractivity contribution in [2.24, 2.45) is 0 Å². The number of rotatable bonds is 16. The van der Waals surface area contributed by atoms with Crippen molar-refractivity contribution in [1.29, 1.82) is 0 Å². The fourth-order valence-corrected chi connectivity index (χ4v) is 4.40. The minimum Gasteiger partial charge on any atom is -0.459 e. The van der Waals surface area contributed by atoms with Crippen LogP contribution in [0.4, 0.5) is 9.59 Å². The van der Waals surface area contributed by atoms with Crippen LogP contribution in [-0.2, 0) is 69.3 Å². The molecular formula is C38H36N2O11. The zero-order valence-electron chi connectivity index (χ0n) is 27.4. The van der Waals surface area contributed by atoms with E-state index in [4.69, 9.17) is 23.7 Å². The molecule has 2 amide bonds. The Labute approximate surface area is 293 Å². The van der Waals surface area contributed by atoms with Crippen LogP contribution >= 0.6 is 0 Å². The zero-order valence-corrected chi connectivity index (χ0v) is 27.4. The highest BCUT2D eigenvalue weighted by Crippen LogP contribution is 2.10. The van der Waals surface area contributed by atoms with Crippen molar-refractivity contribution in [3.63, 3.8) is 0 Å². The number of alkyl carbamates (subject to hydrolysis) is 2. The molecule has 2 N–H and O–H groups in total. The van der Waals surface area contributed by atoms with Gasteiger partial charge in [-0.2, -0.15) is 0 Å². The molecule has 0 radical (unpaired) electrons. The van der Waals surface area contributed by atoms with Crippen molar-refractivity contribution in [3.8, 4) is 0 Å². The van der Waals surface area contributed by atoms with Crippen molar-refractivity contribution < 1.29 is 52.5 Å². The lowest BCUT2D eigenvalue weighted by molar-refractivity contribution is -0.164. The third-order valence-electron chi connectivity index (χ3n) is 7.00. The molecule has 0 bridgehead atoms. The molecule has 0 aliphatic rings. The molecule has 4 rings (SSSR count). The highest BCUT2D eigenvalue weighted by atomic mass is 16.6. The standard InChI is InChI=1S/C38H36N2O11/c41-33(21-31(35(43)47-23-27-13-5-1-6-14-27)39-37(45)49-25-29-17-9-3-10-18-29)51-34(42)22-32(36(44)48-24-28-15-7-2-8-16-28)40-38(46)50-26-30-19-11-4-12-20-30/h1-20,31-32H,21-26H2,(H,39,45)(H,40,46). The number of carbonyl (C=O) groups excluding carboxylic acids is 6. The second kappa shape index (κ2) is 20.1. The Hall–Kier alpha value is -6.50. The third-order valence-corrected chi connectivity index (χ3v) is 7.00. The second-order valence-corrected chi connectivity index (χ2v) is 11.0. The Kier molecular flexibility index (Phi) is 14.7. The van der Waals surface area contributed by atoms with Gasteiger partial charge >= 0.3 is 36.1 Å². The molecule has 4 aromatic carbocycles. The van der Waals surface area contributed by atoms with Crippen LogP contribution < -0.4 is 10.6 Å². The molecule has 0 aliphatic carbocycles. The molecule has 0 saturated carbocycles. The molecule has 0 aliphatic heterocycles. The predicted molar refractivity (Wildman–Crippen MR) is 180 cm³/mol. The quantitative estimate of drug-likeness (QED) is 0.0926. The van der Waals surface area contributed by atoms with Crippen LogP contribution in [0.2, 0.25) is 0 Å². The molecule has 4 aromatic rings. The van der Waals surface area contributed by atoms with E-state index >= 15 is 0 Å². The number of carbonyl (C=O) groups is 6. The molecule has 13 nitrogen and oxygen atoms in total. The molecular weight excluding hydrogens is 660 g/mol. The summed E-state index contributed by atoms with van der Waals surface area (Å²) in [5.74, 6) is -4.45. The van der Waals surface area contributed by atoms with Crippen molar-refractivity contribution in [2.45, 2.75) is 51.4 Å². The number of hydrogen-bond acceptors (Lipinski definition) is 11. The van der Waals surface area contributed by atoms with E-state index in [0.29, 0.717) is 22.3 Å². The first-order valence-electron chi connectivity index (χ1n) is 15.8. The van der Waals surface area contributed by atoms with Gasteiger partial charge in [0.15, 0.2) is 0 Å². The lowest BCUT2D eigenvalue weighted by atomic mass is 10.2. The minimum atomic E-state index is -1.60. The molecule has 2 atom stereocenters. The summed E-state index contributed by atoms with van der Waals surface area (Å²) in [6, 6.07) is 31.7. The number of amides is 2. The van der Waals surface area contributed by atoms with E-state index in [-0.39, 0.29) is 26.4 Å². The Morgan fingerprint density at radius 1 is 0.412 bits per heavy atom. The van der Waals surface area contributed by atoms with Crippen LogP contribution in [-0.4, -0.2) is 48.1 Å². The number of esters is 4. The summed E-state index contributed by atoms with van der Waals surface area (Å²) in [6.07, 6.45) is -3.71. The molecule has 13 heteroatoms. The molecule has 0 aromatic heterocycles. The first-order chi connectivity index (χ1) is 24.7. The SMILES string of the molecule is O=C(CC(NC(=O)OCc1ccccc1)C(=O)OCc1ccccc1)OC(=O)CC(NC(=O)OCc1ccccc1)C(=O)OCc1ccccc1. The maximum absolute atomic E-state index is 13.0. The van der Waals surface area contributed by atoms with E-state index < -0.39 is 61.0 Å². The molecule has 0 heterocycles. The highest BCUT2D eigenvalue weighted by molar-refractivity contribution is 5.93. The third kappa shape index (κ3) is 13.9. The van der Waals surface area contributed by atoms with Crippen LogP contribution in [0.3, 0.4) is 0 Å². The van der Waals surface area contributed by atoms with Crippen molar-refractivity contribution in [1.82, 2.24) is 10.6 Å². The van der Waals surface area contributed by atoms with Gasteiger partial charge in [-0.25, -0.2) is 19.2 Å². The van der Waals surface area contributed by atoms with Crippen molar-refractivity contribution in [2.75, 3.05) is 0 Å². The first-order valence-corrected chi connectivity index (χ1v) is 15.8. The van der Waals surface area contributed by atoms with E-state index in [1.54, 1.807) is 121 Å². The molecule has 51 heavy (non-hydrogen) atoms. The van der Waals surface area contributed by atoms with Crippen LogP contribution in [0.25, 0.3) is 0 Å². The Morgan fingerprint density at radius 3 is 0.980 bits per heavy atom. The second-order valence-electron chi connectivity index (χ2n) is 11.0. The first kappa shape index (κ1) is 37.3. The maximum atomic E-state index is 13.0. The zero-order chi connectivity index (χ0) is 36.3. The summed E-state index contributed by atoms with van der Waals surface area (Å²) in [5, 5.41) is 4.55. The van der Waals surface area contributed by atoms with Crippen LogP contribution in [0.5, 0.6) is 0 Å². The van der Waals surface area contributed by atoms with E-state index in [9.17, 15) is 28.8 Å². The van der Waals surface area contributed by atoms with Gasteiger partial charge in [0.2, 0.25) is 0 Å². The average molecular weight is 697 g/mol. The number of hydrogen-bond donors (Lipinski definition) is 2. The van der Waals surface area contributed by atoms with E-state index in [2.05, 4.69) is 10.6 Å². The van der Waals surface area contributed by atoms with Gasteiger partial charge in [0.05, 0.1) is 12.8 Å². The summed E-state index contributed by atoms with van der Waals surface area (Å²) in [6.45, 7) is -0.568. The van der Waals surface area contributed by atoms with Gasteiger partial charge in [-0.05, 0) is 22.3 Å². The number of benzene rings is 4. The average Bonchev–Trinajstić information content (AvgIpc) is 3.15. The Bertz CT molecular complexity index is 1610. The van der Waals surface area contributed by atoms with Gasteiger partial charge < -0.3 is 34.3 Å². The minimum absolute atomic E-state index is 0.121. The van der Waals surface area contributed by atoms with Crippen LogP contribution in [0.15, 0.2) is 121 Å². The fraction of sp³-hybridized carbons (Fsp3) is 0.211. The Balaban J connectivity index is 1.37. The lowest BCUT2D eigenvalue weighted by Crippen LogP contribution is -2.45. The largest absolute Gasteiger partial charge is 0.459 e. The maximum Gasteiger partial charge on any atom is 0.408 e. The smallest absolute Gasteiger partial charge is 0.408 e. The van der Waals surface area contributed by atoms with Gasteiger partial charge in [0.1, 0.15) is 38.5 Å². The summed E-state index contributed by atoms with van der Waals surface area (Å²) in [5.41, 5.74) is 2.65.